The third kappa shape index (κ3) is 4.38. The molecule has 0 atom stereocenters. The van der Waals surface area contributed by atoms with Crippen molar-refractivity contribution in [3.63, 3.8) is 0 Å². The van der Waals surface area contributed by atoms with Crippen molar-refractivity contribution in [2.75, 3.05) is 20.2 Å². The summed E-state index contributed by atoms with van der Waals surface area (Å²) in [6, 6.07) is 4.23. The number of carbonyl (C=O) groups is 1. The van der Waals surface area contributed by atoms with Gasteiger partial charge in [-0.25, -0.2) is 4.39 Å². The van der Waals surface area contributed by atoms with E-state index in [1.807, 2.05) is 13.8 Å². The molecule has 0 fully saturated rings. The molecule has 0 radical (unpaired) electrons. The van der Waals surface area contributed by atoms with E-state index in [1.54, 1.807) is 11.9 Å². The zero-order valence-electron chi connectivity index (χ0n) is 10.7. The second kappa shape index (κ2) is 6.85. The molecule has 0 unspecified atom stereocenters. The molecule has 3 nitrogen and oxygen atoms in total. The zero-order chi connectivity index (χ0) is 13.7. The molecule has 0 aromatic heterocycles. The van der Waals surface area contributed by atoms with Crippen LogP contribution in [0.1, 0.15) is 24.2 Å². The van der Waals surface area contributed by atoms with Gasteiger partial charge in [-0.3, -0.25) is 4.79 Å². The third-order valence-corrected chi connectivity index (χ3v) is 3.00. The fourth-order valence-corrected chi connectivity index (χ4v) is 1.76. The number of carbonyl (C=O) groups excluding carboxylic acids is 1. The van der Waals surface area contributed by atoms with Crippen LogP contribution in [0.4, 0.5) is 4.39 Å². The van der Waals surface area contributed by atoms with Gasteiger partial charge in [-0.1, -0.05) is 0 Å². The Labute approximate surface area is 115 Å². The first kappa shape index (κ1) is 15.1. The number of likely N-dealkylation sites (N-methyl/N-ethyl adjacent to an activating group) is 1. The van der Waals surface area contributed by atoms with Gasteiger partial charge in [0, 0.05) is 19.2 Å². The lowest BCUT2D eigenvalue weighted by molar-refractivity contribution is 0.0532. The van der Waals surface area contributed by atoms with Crippen molar-refractivity contribution < 1.29 is 13.9 Å². The van der Waals surface area contributed by atoms with Crippen LogP contribution in [0, 0.1) is 5.82 Å². The van der Waals surface area contributed by atoms with E-state index in [9.17, 15) is 9.18 Å². The number of hydrogen-bond acceptors (Lipinski definition) is 2. The second-order valence-electron chi connectivity index (χ2n) is 4.28. The molecule has 1 amide bonds. The number of hydrogen-bond donors (Lipinski definition) is 0. The van der Waals surface area contributed by atoms with Gasteiger partial charge >= 0.3 is 0 Å². The smallest absolute Gasteiger partial charge is 0.253 e. The van der Waals surface area contributed by atoms with Crippen molar-refractivity contribution >= 4 is 21.8 Å². The number of amides is 1. The first-order valence-electron chi connectivity index (χ1n) is 5.74. The molecule has 100 valence electrons. The Kier molecular flexibility index (Phi) is 5.75. The van der Waals surface area contributed by atoms with E-state index in [1.165, 1.54) is 18.2 Å². The summed E-state index contributed by atoms with van der Waals surface area (Å²) in [6.45, 7) is 4.88. The van der Waals surface area contributed by atoms with Crippen LogP contribution in [0.3, 0.4) is 0 Å². The first-order valence-corrected chi connectivity index (χ1v) is 6.53. The summed E-state index contributed by atoms with van der Waals surface area (Å²) in [4.78, 5) is 13.6. The molecule has 0 saturated carbocycles. The molecule has 0 bridgehead atoms. The molecule has 1 aromatic carbocycles. The van der Waals surface area contributed by atoms with Crippen molar-refractivity contribution in [3.05, 3.63) is 34.1 Å². The minimum Gasteiger partial charge on any atom is -0.377 e. The molecule has 1 aromatic rings. The summed E-state index contributed by atoms with van der Waals surface area (Å²) in [6.07, 6.45) is 0.147. The molecule has 1 rings (SSSR count). The Morgan fingerprint density at radius 1 is 1.50 bits per heavy atom. The van der Waals surface area contributed by atoms with E-state index >= 15 is 0 Å². The lowest BCUT2D eigenvalue weighted by Crippen LogP contribution is -2.30. The number of nitrogens with zero attached hydrogens (tertiary/aromatic N) is 1. The topological polar surface area (TPSA) is 29.5 Å². The van der Waals surface area contributed by atoms with E-state index in [2.05, 4.69) is 15.9 Å². The maximum atomic E-state index is 13.1. The van der Waals surface area contributed by atoms with Crippen LogP contribution in [-0.2, 0) is 4.74 Å². The van der Waals surface area contributed by atoms with Crippen LogP contribution in [0.25, 0.3) is 0 Å². The van der Waals surface area contributed by atoms with Gasteiger partial charge in [-0.15, -0.1) is 0 Å². The molecule has 0 aliphatic carbocycles. The fourth-order valence-electron chi connectivity index (χ4n) is 1.38. The van der Waals surface area contributed by atoms with Crippen molar-refractivity contribution in [2.45, 2.75) is 20.0 Å². The average molecular weight is 318 g/mol. The van der Waals surface area contributed by atoms with Gasteiger partial charge < -0.3 is 9.64 Å². The quantitative estimate of drug-likeness (QED) is 0.835. The van der Waals surface area contributed by atoms with Gasteiger partial charge in [-0.2, -0.15) is 0 Å². The lowest BCUT2D eigenvalue weighted by atomic mass is 10.2. The van der Waals surface area contributed by atoms with Gasteiger partial charge in [0.25, 0.3) is 5.91 Å². The Balaban J connectivity index is 2.60. The highest BCUT2D eigenvalue weighted by Gasteiger charge is 2.13. The van der Waals surface area contributed by atoms with Gasteiger partial charge in [0.2, 0.25) is 0 Å². The standard InChI is InChI=1S/C13H17BrFNO2/c1-9(2)18-7-6-16(3)13(17)10-4-5-12(15)11(14)8-10/h4-5,8-9H,6-7H2,1-3H3. The molecule has 0 N–H and O–H groups in total. The zero-order valence-corrected chi connectivity index (χ0v) is 12.3. The van der Waals surface area contributed by atoms with E-state index in [0.717, 1.165) is 0 Å². The number of ether oxygens (including phenoxy) is 1. The Morgan fingerprint density at radius 3 is 2.72 bits per heavy atom. The summed E-state index contributed by atoms with van der Waals surface area (Å²) < 4.78 is 18.7. The Morgan fingerprint density at radius 2 is 2.17 bits per heavy atom. The molecule has 0 saturated heterocycles. The molecule has 18 heavy (non-hydrogen) atoms. The summed E-state index contributed by atoms with van der Waals surface area (Å²) in [7, 11) is 1.70. The second-order valence-corrected chi connectivity index (χ2v) is 5.13. The van der Waals surface area contributed by atoms with Crippen LogP contribution in [0.2, 0.25) is 0 Å². The van der Waals surface area contributed by atoms with Crippen LogP contribution in [0.5, 0.6) is 0 Å². The van der Waals surface area contributed by atoms with E-state index in [-0.39, 0.29) is 17.8 Å². The average Bonchev–Trinajstić information content (AvgIpc) is 2.31. The predicted octanol–water partition coefficient (Wildman–Crippen LogP) is 3.09. The Bertz CT molecular complexity index is 423. The van der Waals surface area contributed by atoms with Crippen LogP contribution in [0.15, 0.2) is 22.7 Å². The monoisotopic (exact) mass is 317 g/mol. The normalized spacial score (nSPS) is 10.8. The van der Waals surface area contributed by atoms with E-state index in [4.69, 9.17) is 4.74 Å². The molecular weight excluding hydrogens is 301 g/mol. The minimum atomic E-state index is -0.377. The molecular formula is C13H17BrFNO2. The highest BCUT2D eigenvalue weighted by molar-refractivity contribution is 9.10. The minimum absolute atomic E-state index is 0.147. The van der Waals surface area contributed by atoms with Crippen LogP contribution >= 0.6 is 15.9 Å². The number of halogens is 2. The van der Waals surface area contributed by atoms with Crippen LogP contribution in [-0.4, -0.2) is 37.1 Å². The highest BCUT2D eigenvalue weighted by atomic mass is 79.9. The van der Waals surface area contributed by atoms with E-state index < -0.39 is 0 Å². The van der Waals surface area contributed by atoms with Crippen molar-refractivity contribution in [2.24, 2.45) is 0 Å². The maximum Gasteiger partial charge on any atom is 0.253 e. The highest BCUT2D eigenvalue weighted by Crippen LogP contribution is 2.17. The summed E-state index contributed by atoms with van der Waals surface area (Å²) >= 11 is 3.06. The number of rotatable bonds is 5. The van der Waals surface area contributed by atoms with E-state index in [0.29, 0.717) is 23.2 Å². The SMILES string of the molecule is CC(C)OCCN(C)C(=O)c1ccc(F)c(Br)c1. The fraction of sp³-hybridized carbons (Fsp3) is 0.462. The molecule has 0 aliphatic heterocycles. The van der Waals surface area contributed by atoms with Gasteiger partial charge in [0.05, 0.1) is 17.2 Å². The maximum absolute atomic E-state index is 13.1. The largest absolute Gasteiger partial charge is 0.377 e. The third-order valence-electron chi connectivity index (χ3n) is 2.39. The summed E-state index contributed by atoms with van der Waals surface area (Å²) in [5, 5.41) is 0. The van der Waals surface area contributed by atoms with Gasteiger partial charge in [0.15, 0.2) is 0 Å². The molecule has 0 spiro atoms. The van der Waals surface area contributed by atoms with Gasteiger partial charge in [-0.05, 0) is 48.0 Å². The predicted molar refractivity (Wildman–Crippen MR) is 72.1 cm³/mol. The van der Waals surface area contributed by atoms with Gasteiger partial charge in [0.1, 0.15) is 5.82 Å². The van der Waals surface area contributed by atoms with Crippen LogP contribution < -0.4 is 0 Å². The first-order chi connectivity index (χ1) is 8.41. The molecule has 5 heteroatoms. The number of benzene rings is 1. The summed E-state index contributed by atoms with van der Waals surface area (Å²) in [5.41, 5.74) is 0.454. The lowest BCUT2D eigenvalue weighted by Gasteiger charge is -2.18. The molecule has 0 heterocycles. The van der Waals surface area contributed by atoms with Crippen molar-refractivity contribution in [3.8, 4) is 0 Å². The van der Waals surface area contributed by atoms with Crippen molar-refractivity contribution in [1.29, 1.82) is 0 Å². The van der Waals surface area contributed by atoms with Crippen molar-refractivity contribution in [1.82, 2.24) is 4.90 Å². The molecule has 0 aliphatic rings. The Hall–Kier alpha value is -0.940. The summed E-state index contributed by atoms with van der Waals surface area (Å²) in [5.74, 6) is -0.527.